The van der Waals surface area contributed by atoms with Gasteiger partial charge in [0.25, 0.3) is 5.69 Å². The number of nitro benzene ring substituents is 1. The lowest BCUT2D eigenvalue weighted by molar-refractivity contribution is -0.385. The monoisotopic (exact) mass is 273 g/mol. The van der Waals surface area contributed by atoms with Crippen molar-refractivity contribution in [3.05, 3.63) is 39.4 Å². The highest BCUT2D eigenvalue weighted by Gasteiger charge is 2.50. The normalized spacial score (nSPS) is 17.1. The minimum Gasteiger partial charge on any atom is -0.299 e. The fourth-order valence-electron chi connectivity index (χ4n) is 2.13. The number of nitrogens with zero attached hydrogens (tertiary/aromatic N) is 1. The lowest BCUT2D eigenvalue weighted by Crippen LogP contribution is -2.18. The lowest BCUT2D eigenvalue weighted by Gasteiger charge is -2.14. The van der Waals surface area contributed by atoms with Crippen LogP contribution in [0.2, 0.25) is 0 Å². The van der Waals surface area contributed by atoms with Crippen molar-refractivity contribution in [1.29, 1.82) is 0 Å². The minimum absolute atomic E-state index is 0.0847. The summed E-state index contributed by atoms with van der Waals surface area (Å²) in [5.41, 5.74) is -2.62. The molecule has 0 heterocycles. The number of hydrogen-bond acceptors (Lipinski definition) is 3. The Balaban J connectivity index is 2.59. The maximum atomic E-state index is 12.7. The highest BCUT2D eigenvalue weighted by atomic mass is 19.4. The van der Waals surface area contributed by atoms with Crippen LogP contribution in [0.15, 0.2) is 18.2 Å². The molecule has 19 heavy (non-hydrogen) atoms. The Labute approximate surface area is 106 Å². The van der Waals surface area contributed by atoms with E-state index in [1.807, 2.05) is 0 Å². The number of carbonyl (C=O) groups excluding carboxylic acids is 1. The van der Waals surface area contributed by atoms with E-state index in [2.05, 4.69) is 0 Å². The zero-order valence-electron chi connectivity index (χ0n) is 9.95. The third kappa shape index (κ3) is 2.32. The molecular formula is C12H10F3NO3. The van der Waals surface area contributed by atoms with Crippen molar-refractivity contribution in [2.24, 2.45) is 0 Å². The second kappa shape index (κ2) is 4.04. The average molecular weight is 273 g/mol. The third-order valence-electron chi connectivity index (χ3n) is 3.43. The molecule has 0 N–H and O–H groups in total. The Morgan fingerprint density at radius 1 is 1.32 bits per heavy atom. The molecule has 0 unspecified atom stereocenters. The quantitative estimate of drug-likeness (QED) is 0.627. The Hall–Kier alpha value is -1.92. The first-order valence-corrected chi connectivity index (χ1v) is 5.55. The molecule has 0 amide bonds. The van der Waals surface area contributed by atoms with Gasteiger partial charge in [-0.15, -0.1) is 0 Å². The molecule has 0 aromatic heterocycles. The van der Waals surface area contributed by atoms with Gasteiger partial charge in [-0.2, -0.15) is 13.2 Å². The van der Waals surface area contributed by atoms with Crippen molar-refractivity contribution < 1.29 is 22.9 Å². The Morgan fingerprint density at radius 2 is 1.89 bits per heavy atom. The number of carbonyl (C=O) groups is 1. The largest absolute Gasteiger partial charge is 0.416 e. The van der Waals surface area contributed by atoms with Gasteiger partial charge in [-0.3, -0.25) is 14.9 Å². The lowest BCUT2D eigenvalue weighted by atomic mass is 9.90. The number of halogens is 3. The number of alkyl halides is 3. The Bertz CT molecular complexity index is 562. The average Bonchev–Trinajstić information content (AvgIpc) is 3.08. The minimum atomic E-state index is -4.67. The molecule has 0 spiro atoms. The molecule has 1 aliphatic rings. The molecule has 2 rings (SSSR count). The van der Waals surface area contributed by atoms with Crippen molar-refractivity contribution in [3.63, 3.8) is 0 Å². The van der Waals surface area contributed by atoms with E-state index in [4.69, 9.17) is 0 Å². The van der Waals surface area contributed by atoms with Gasteiger partial charge in [0.15, 0.2) is 0 Å². The van der Waals surface area contributed by atoms with Crippen LogP contribution in [0.25, 0.3) is 0 Å². The van der Waals surface area contributed by atoms with Crippen molar-refractivity contribution >= 4 is 11.5 Å². The number of non-ortho nitro benzene ring substituents is 1. The van der Waals surface area contributed by atoms with E-state index in [0.29, 0.717) is 18.9 Å². The number of nitro groups is 1. The number of rotatable bonds is 3. The fourth-order valence-corrected chi connectivity index (χ4v) is 2.13. The van der Waals surface area contributed by atoms with Crippen molar-refractivity contribution in [2.45, 2.75) is 31.4 Å². The summed E-state index contributed by atoms with van der Waals surface area (Å²) in [6, 6.07) is 2.38. The molecule has 0 bridgehead atoms. The van der Waals surface area contributed by atoms with Crippen LogP contribution in [0.3, 0.4) is 0 Å². The van der Waals surface area contributed by atoms with E-state index < -0.39 is 27.8 Å². The molecule has 7 heteroatoms. The van der Waals surface area contributed by atoms with Crippen LogP contribution in [0.4, 0.5) is 18.9 Å². The second-order valence-corrected chi connectivity index (χ2v) is 4.66. The first-order valence-electron chi connectivity index (χ1n) is 5.55. The van der Waals surface area contributed by atoms with Crippen LogP contribution < -0.4 is 0 Å². The van der Waals surface area contributed by atoms with Gasteiger partial charge in [0.1, 0.15) is 5.78 Å². The molecule has 0 radical (unpaired) electrons. The molecule has 1 aliphatic carbocycles. The zero-order chi connectivity index (χ0) is 14.4. The highest BCUT2D eigenvalue weighted by Crippen LogP contribution is 2.50. The van der Waals surface area contributed by atoms with Crippen LogP contribution in [0, 0.1) is 10.1 Å². The van der Waals surface area contributed by atoms with Gasteiger partial charge in [0, 0.05) is 12.1 Å². The van der Waals surface area contributed by atoms with Gasteiger partial charge < -0.3 is 0 Å². The first-order chi connectivity index (χ1) is 8.67. The summed E-state index contributed by atoms with van der Waals surface area (Å²) in [5.74, 6) is -0.263. The van der Waals surface area contributed by atoms with Crippen molar-refractivity contribution in [1.82, 2.24) is 0 Å². The molecular weight excluding hydrogens is 263 g/mol. The summed E-state index contributed by atoms with van der Waals surface area (Å²) >= 11 is 0. The van der Waals surface area contributed by atoms with Crippen molar-refractivity contribution in [3.8, 4) is 0 Å². The summed E-state index contributed by atoms with van der Waals surface area (Å²) < 4.78 is 38.1. The van der Waals surface area contributed by atoms with Gasteiger partial charge in [-0.25, -0.2) is 0 Å². The van der Waals surface area contributed by atoms with E-state index in [0.717, 1.165) is 12.1 Å². The van der Waals surface area contributed by atoms with E-state index in [1.54, 1.807) is 0 Å². The zero-order valence-corrected chi connectivity index (χ0v) is 9.95. The maximum Gasteiger partial charge on any atom is 0.416 e. The fraction of sp³-hybridized carbons (Fsp3) is 0.417. The number of ketones is 1. The predicted molar refractivity (Wildman–Crippen MR) is 59.7 cm³/mol. The number of hydrogen-bond donors (Lipinski definition) is 0. The van der Waals surface area contributed by atoms with Crippen LogP contribution in [0.5, 0.6) is 0 Å². The van der Waals surface area contributed by atoms with Gasteiger partial charge in [0.05, 0.1) is 15.9 Å². The van der Waals surface area contributed by atoms with E-state index in [-0.39, 0.29) is 11.3 Å². The van der Waals surface area contributed by atoms with Gasteiger partial charge in [-0.05, 0) is 31.4 Å². The van der Waals surface area contributed by atoms with E-state index in [9.17, 15) is 28.1 Å². The summed E-state index contributed by atoms with van der Waals surface area (Å²) in [6.07, 6.45) is -3.81. The highest BCUT2D eigenvalue weighted by molar-refractivity contribution is 5.91. The molecule has 0 atom stereocenters. The Morgan fingerprint density at radius 3 is 2.26 bits per heavy atom. The molecule has 4 nitrogen and oxygen atoms in total. The maximum absolute atomic E-state index is 12.7. The summed E-state index contributed by atoms with van der Waals surface area (Å²) in [7, 11) is 0. The topological polar surface area (TPSA) is 60.2 Å². The van der Waals surface area contributed by atoms with E-state index >= 15 is 0 Å². The van der Waals surface area contributed by atoms with Crippen LogP contribution in [-0.4, -0.2) is 10.7 Å². The van der Waals surface area contributed by atoms with Gasteiger partial charge in [-0.1, -0.05) is 0 Å². The number of Topliss-reactive ketones (excluding diaryl/α,β-unsaturated/α-hetero) is 1. The van der Waals surface area contributed by atoms with Crippen LogP contribution in [-0.2, 0) is 16.4 Å². The molecule has 102 valence electrons. The Kier molecular flexibility index (Phi) is 2.87. The van der Waals surface area contributed by atoms with E-state index in [1.165, 1.54) is 6.92 Å². The second-order valence-electron chi connectivity index (χ2n) is 4.66. The molecule has 1 aromatic carbocycles. The molecule has 0 aliphatic heterocycles. The molecule has 1 fully saturated rings. The third-order valence-corrected chi connectivity index (χ3v) is 3.43. The van der Waals surface area contributed by atoms with Crippen molar-refractivity contribution in [2.75, 3.05) is 0 Å². The summed E-state index contributed by atoms with van der Waals surface area (Å²) in [4.78, 5) is 21.3. The summed E-state index contributed by atoms with van der Waals surface area (Å²) in [6.45, 7) is 1.29. The van der Waals surface area contributed by atoms with Crippen LogP contribution >= 0.6 is 0 Å². The van der Waals surface area contributed by atoms with Gasteiger partial charge >= 0.3 is 6.18 Å². The first kappa shape index (κ1) is 13.5. The predicted octanol–water partition coefficient (Wildman–Crippen LogP) is 3.23. The molecule has 1 aromatic rings. The standard InChI is InChI=1S/C12H10F3NO3/c1-7(17)11(2-3-11)8-4-9(12(13,14)15)6-10(5-8)16(18)19/h4-6H,2-3H2,1H3. The smallest absolute Gasteiger partial charge is 0.299 e. The number of benzene rings is 1. The molecule has 1 saturated carbocycles. The van der Waals surface area contributed by atoms with Crippen LogP contribution in [0.1, 0.15) is 30.9 Å². The summed E-state index contributed by atoms with van der Waals surface area (Å²) in [5, 5.41) is 10.7. The SMILES string of the molecule is CC(=O)C1(c2cc([N+](=O)[O-])cc(C(F)(F)F)c2)CC1. The van der Waals surface area contributed by atoms with Gasteiger partial charge in [0.2, 0.25) is 0 Å². The molecule has 0 saturated heterocycles.